The number of aromatic hydroxyl groups is 1. The van der Waals surface area contributed by atoms with E-state index in [0.717, 1.165) is 35.0 Å². The van der Waals surface area contributed by atoms with E-state index in [9.17, 15) is 35.2 Å². The van der Waals surface area contributed by atoms with Crippen molar-refractivity contribution in [3.8, 4) is 11.4 Å². The van der Waals surface area contributed by atoms with Crippen LogP contribution < -0.4 is 5.56 Å². The van der Waals surface area contributed by atoms with E-state index in [1.54, 1.807) is 0 Å². The summed E-state index contributed by atoms with van der Waals surface area (Å²) < 4.78 is 91.0. The Hall–Kier alpha value is -2.90. The summed E-state index contributed by atoms with van der Waals surface area (Å²) in [6.45, 7) is 0.626. The molecule has 0 fully saturated rings. The number of H-pyrrole nitrogens is 1. The van der Waals surface area contributed by atoms with Crippen molar-refractivity contribution in [2.24, 2.45) is 10.2 Å². The predicted molar refractivity (Wildman–Crippen MR) is 123 cm³/mol. The molecule has 2 aromatic carbocycles. The largest absolute Gasteiger partial charge is 0.506 e. The number of rotatable bonds is 9. The van der Waals surface area contributed by atoms with Crippen molar-refractivity contribution < 1.29 is 60.7 Å². The minimum Gasteiger partial charge on any atom is -0.506 e. The molecule has 37 heavy (non-hydrogen) atoms. The van der Waals surface area contributed by atoms with E-state index < -0.39 is 54.0 Å². The van der Waals surface area contributed by atoms with Crippen LogP contribution in [0.2, 0.25) is 0 Å². The first kappa shape index (κ1) is 30.3. The summed E-state index contributed by atoms with van der Waals surface area (Å²) in [5, 5.41) is 20.3. The van der Waals surface area contributed by atoms with Gasteiger partial charge in [0.1, 0.15) is 11.4 Å². The van der Waals surface area contributed by atoms with E-state index >= 15 is 0 Å². The van der Waals surface area contributed by atoms with Crippen LogP contribution in [0.3, 0.4) is 0 Å². The zero-order chi connectivity index (χ0) is 26.9. The second-order valence-corrected chi connectivity index (χ2v) is 11.7. The maximum Gasteiger partial charge on any atom is 0.397 e. The second kappa shape index (κ2) is 11.2. The van der Waals surface area contributed by atoms with Crippen LogP contribution in [-0.2, 0) is 51.6 Å². The van der Waals surface area contributed by atoms with Gasteiger partial charge in [0.25, 0.3) is 15.7 Å². The van der Waals surface area contributed by atoms with Gasteiger partial charge in [0.2, 0.25) is 0 Å². The van der Waals surface area contributed by atoms with Gasteiger partial charge < -0.3 is 5.11 Å². The number of hydrogen-bond acceptors (Lipinski definition) is 11. The third-order valence-electron chi connectivity index (χ3n) is 4.58. The zero-order valence-corrected chi connectivity index (χ0v) is 21.8. The van der Waals surface area contributed by atoms with Crippen LogP contribution in [0.5, 0.6) is 5.75 Å². The van der Waals surface area contributed by atoms with Crippen LogP contribution in [0.4, 0.5) is 11.4 Å². The van der Waals surface area contributed by atoms with Gasteiger partial charge in [-0.3, -0.25) is 19.0 Å². The van der Waals surface area contributed by atoms with E-state index in [1.807, 2.05) is 0 Å². The maximum atomic E-state index is 12.8. The number of azo groups is 1. The summed E-state index contributed by atoms with van der Waals surface area (Å²) in [6, 6.07) is 7.65. The van der Waals surface area contributed by atoms with Gasteiger partial charge in [-0.05, 0) is 49.4 Å². The second-order valence-electron chi connectivity index (χ2n) is 7.11. The van der Waals surface area contributed by atoms with Crippen LogP contribution in [0.25, 0.3) is 5.69 Å². The first-order valence-electron chi connectivity index (χ1n) is 9.57. The molecule has 0 saturated heterocycles. The van der Waals surface area contributed by atoms with Gasteiger partial charge in [0.05, 0.1) is 33.5 Å². The fourth-order valence-corrected chi connectivity index (χ4v) is 4.84. The molecule has 205 valence electrons. The summed E-state index contributed by atoms with van der Waals surface area (Å²) in [7, 11) is -13.4. The number of aromatic amines is 1. The molecule has 0 aliphatic rings. The van der Waals surface area contributed by atoms with E-state index in [-0.39, 0.29) is 49.6 Å². The van der Waals surface area contributed by atoms with E-state index in [2.05, 4.69) is 19.5 Å². The van der Waals surface area contributed by atoms with E-state index in [4.69, 9.17) is 9.11 Å². The van der Waals surface area contributed by atoms with Gasteiger partial charge in [-0.1, -0.05) is 0 Å². The van der Waals surface area contributed by atoms with Crippen molar-refractivity contribution in [1.29, 1.82) is 0 Å². The van der Waals surface area contributed by atoms with Crippen LogP contribution in [-0.4, -0.2) is 61.6 Å². The van der Waals surface area contributed by atoms with Crippen molar-refractivity contribution in [3.05, 3.63) is 58.5 Å². The van der Waals surface area contributed by atoms with Crippen molar-refractivity contribution in [1.82, 2.24) is 9.78 Å². The Balaban J connectivity index is 0.00000481. The Morgan fingerprint density at radius 1 is 0.946 bits per heavy atom. The van der Waals surface area contributed by atoms with Crippen molar-refractivity contribution in [2.45, 2.75) is 16.7 Å². The summed E-state index contributed by atoms with van der Waals surface area (Å²) >= 11 is 0. The van der Waals surface area contributed by atoms with E-state index in [1.165, 1.54) is 19.1 Å². The Labute approximate surface area is 220 Å². The number of phenols is 1. The van der Waals surface area contributed by atoms with Gasteiger partial charge in [-0.2, -0.15) is 16.8 Å². The van der Waals surface area contributed by atoms with Gasteiger partial charge in [-0.15, -0.1) is 10.2 Å². The Morgan fingerprint density at radius 2 is 1.54 bits per heavy atom. The standard InChI is InChI=1S/C18H18N4O11S3.Cu/c1-11-17(18(24)22(21-11)12-2-4-13(5-3-12)35(27,28)29)20-19-15-10-14(6-7-16(15)23)34(25,26)9-8-33-36(30,31)32;/h2-7,10,21,23H,8-9H2,1H3,(H,27,28,29)(H,30,31,32);. The molecule has 19 heteroatoms. The Morgan fingerprint density at radius 3 is 2.11 bits per heavy atom. The molecule has 15 nitrogen and oxygen atoms in total. The monoisotopic (exact) mass is 625 g/mol. The third-order valence-corrected chi connectivity index (χ3v) is 7.59. The fraction of sp³-hybridized carbons (Fsp3) is 0.167. The van der Waals surface area contributed by atoms with Gasteiger partial charge in [-0.25, -0.2) is 17.3 Å². The first-order chi connectivity index (χ1) is 16.6. The molecule has 0 atom stereocenters. The van der Waals surface area contributed by atoms with Crippen LogP contribution >= 0.6 is 0 Å². The van der Waals surface area contributed by atoms with Crippen molar-refractivity contribution >= 4 is 41.7 Å². The molecule has 1 heterocycles. The summed E-state index contributed by atoms with van der Waals surface area (Å²) in [6.07, 6.45) is 0. The number of phenolic OH excluding ortho intramolecular Hbond substituents is 1. The average Bonchev–Trinajstić information content (AvgIpc) is 3.05. The molecule has 3 aromatic rings. The minimum absolute atomic E-state index is 0. The third kappa shape index (κ3) is 7.55. The predicted octanol–water partition coefficient (Wildman–Crippen LogP) is 1.43. The zero-order valence-electron chi connectivity index (χ0n) is 18.4. The van der Waals surface area contributed by atoms with Crippen LogP contribution in [0, 0.1) is 6.92 Å². The number of nitrogens with zero attached hydrogens (tertiary/aromatic N) is 3. The van der Waals surface area contributed by atoms with Crippen molar-refractivity contribution in [3.63, 3.8) is 0 Å². The number of aromatic nitrogens is 2. The maximum absolute atomic E-state index is 12.8. The molecule has 0 amide bonds. The Bertz CT molecular complexity index is 1710. The normalized spacial score (nSPS) is 12.5. The number of nitrogens with one attached hydrogen (secondary N) is 1. The van der Waals surface area contributed by atoms with Gasteiger partial charge in [0, 0.05) is 17.1 Å². The first-order valence-corrected chi connectivity index (χ1v) is 14.0. The molecule has 3 rings (SSSR count). The smallest absolute Gasteiger partial charge is 0.397 e. The Kier molecular flexibility index (Phi) is 9.21. The fourth-order valence-electron chi connectivity index (χ4n) is 2.85. The summed E-state index contributed by atoms with van der Waals surface area (Å²) in [5.74, 6) is -1.28. The molecule has 0 aliphatic carbocycles. The molecule has 1 radical (unpaired) electrons. The molecule has 0 aliphatic heterocycles. The summed E-state index contributed by atoms with van der Waals surface area (Å²) in [4.78, 5) is 12.0. The molecule has 0 bridgehead atoms. The number of benzene rings is 2. The SMILES string of the molecule is Cc1[nH]n(-c2ccc(S(=O)(=O)O)cc2)c(=O)c1N=Nc1cc(S(=O)(=O)CCOS(=O)(=O)O)ccc1O.[Cu]. The summed E-state index contributed by atoms with van der Waals surface area (Å²) in [5.41, 5.74) is -0.798. The number of aryl methyl sites for hydroxylation is 1. The topological polar surface area (TPSA) is 235 Å². The molecular weight excluding hydrogens is 608 g/mol. The number of sulfone groups is 1. The van der Waals surface area contributed by atoms with Crippen LogP contribution in [0.1, 0.15) is 5.69 Å². The van der Waals surface area contributed by atoms with Crippen molar-refractivity contribution in [2.75, 3.05) is 12.4 Å². The van der Waals surface area contributed by atoms with Gasteiger partial charge in [0.15, 0.2) is 15.5 Å². The average molecular weight is 626 g/mol. The molecular formula is C18H18CuN4O11S3. The van der Waals surface area contributed by atoms with Crippen LogP contribution in [0.15, 0.2) is 67.3 Å². The molecule has 4 N–H and O–H groups in total. The molecule has 0 saturated carbocycles. The van der Waals surface area contributed by atoms with E-state index in [0.29, 0.717) is 0 Å². The minimum atomic E-state index is -4.83. The molecule has 1 aromatic heterocycles. The number of hydrogen-bond donors (Lipinski definition) is 4. The quantitative estimate of drug-likeness (QED) is 0.151. The molecule has 0 spiro atoms. The van der Waals surface area contributed by atoms with Gasteiger partial charge >= 0.3 is 10.4 Å². The molecule has 0 unspecified atom stereocenters.